The second-order valence-corrected chi connectivity index (χ2v) is 5.35. The molecule has 0 fully saturated rings. The number of nitrogens with one attached hydrogen (secondary N) is 3. The standard InChI is InChI=1S/C9H16N4O3S/c1-2-13-17(15,16)4-3-11-9(14)8-5-7(10)6-12-8/h5-6,12-13H,2-4,10H2,1H3,(H,11,14). The van der Waals surface area contributed by atoms with Crippen LogP contribution in [0.2, 0.25) is 0 Å². The van der Waals surface area contributed by atoms with E-state index >= 15 is 0 Å². The van der Waals surface area contributed by atoms with Crippen LogP contribution in [0, 0.1) is 0 Å². The van der Waals surface area contributed by atoms with E-state index in [1.165, 1.54) is 12.3 Å². The van der Waals surface area contributed by atoms with E-state index in [-0.39, 0.29) is 18.2 Å². The van der Waals surface area contributed by atoms with Crippen molar-refractivity contribution in [2.75, 3.05) is 24.6 Å². The summed E-state index contributed by atoms with van der Waals surface area (Å²) in [4.78, 5) is 14.2. The van der Waals surface area contributed by atoms with Gasteiger partial charge in [-0.2, -0.15) is 0 Å². The maximum atomic E-state index is 11.5. The predicted octanol–water partition coefficient (Wildman–Crippen LogP) is -0.734. The average Bonchev–Trinajstić information content (AvgIpc) is 2.64. The van der Waals surface area contributed by atoms with Crippen LogP contribution in [0.3, 0.4) is 0 Å². The quantitative estimate of drug-likeness (QED) is 0.539. The summed E-state index contributed by atoms with van der Waals surface area (Å²) in [6, 6.07) is 1.48. The van der Waals surface area contributed by atoms with Crippen molar-refractivity contribution in [3.63, 3.8) is 0 Å². The largest absolute Gasteiger partial charge is 0.397 e. The third-order valence-corrected chi connectivity index (χ3v) is 3.44. The molecule has 7 nitrogen and oxygen atoms in total. The molecule has 1 rings (SSSR count). The van der Waals surface area contributed by atoms with Crippen molar-refractivity contribution < 1.29 is 13.2 Å². The van der Waals surface area contributed by atoms with Crippen molar-refractivity contribution in [3.05, 3.63) is 18.0 Å². The molecule has 96 valence electrons. The van der Waals surface area contributed by atoms with Gasteiger partial charge >= 0.3 is 0 Å². The first-order valence-electron chi connectivity index (χ1n) is 5.14. The number of nitrogens with two attached hydrogens (primary N) is 1. The Morgan fingerprint density at radius 2 is 2.24 bits per heavy atom. The Balaban J connectivity index is 2.40. The number of anilines is 1. The van der Waals surface area contributed by atoms with Gasteiger partial charge in [-0.1, -0.05) is 6.92 Å². The summed E-state index contributed by atoms with van der Waals surface area (Å²) < 4.78 is 24.9. The first kappa shape index (κ1) is 13.5. The monoisotopic (exact) mass is 260 g/mol. The first-order chi connectivity index (χ1) is 7.94. The summed E-state index contributed by atoms with van der Waals surface area (Å²) in [5.41, 5.74) is 6.20. The zero-order valence-corrected chi connectivity index (χ0v) is 10.3. The van der Waals surface area contributed by atoms with Gasteiger partial charge in [0.1, 0.15) is 5.69 Å². The molecule has 17 heavy (non-hydrogen) atoms. The third kappa shape index (κ3) is 4.45. The minimum absolute atomic E-state index is 0.0487. The lowest BCUT2D eigenvalue weighted by molar-refractivity contribution is 0.0952. The van der Waals surface area contributed by atoms with Crippen LogP contribution < -0.4 is 15.8 Å². The highest BCUT2D eigenvalue weighted by Crippen LogP contribution is 2.03. The van der Waals surface area contributed by atoms with Gasteiger partial charge < -0.3 is 16.0 Å². The zero-order chi connectivity index (χ0) is 12.9. The number of hydrogen-bond acceptors (Lipinski definition) is 4. The molecule has 5 N–H and O–H groups in total. The molecule has 0 bridgehead atoms. The van der Waals surface area contributed by atoms with Crippen molar-refractivity contribution in [3.8, 4) is 0 Å². The molecule has 0 atom stereocenters. The number of nitrogen functional groups attached to an aromatic ring is 1. The number of carbonyl (C=O) groups is 1. The lowest BCUT2D eigenvalue weighted by Crippen LogP contribution is -2.34. The van der Waals surface area contributed by atoms with Gasteiger partial charge in [-0.15, -0.1) is 0 Å². The summed E-state index contributed by atoms with van der Waals surface area (Å²) >= 11 is 0. The Morgan fingerprint density at radius 1 is 1.53 bits per heavy atom. The molecule has 1 amide bonds. The smallest absolute Gasteiger partial charge is 0.267 e. The van der Waals surface area contributed by atoms with Gasteiger partial charge in [0, 0.05) is 25.0 Å². The summed E-state index contributed by atoms with van der Waals surface area (Å²) in [6.45, 7) is 2.08. The van der Waals surface area contributed by atoms with Crippen LogP contribution in [0.25, 0.3) is 0 Å². The first-order valence-corrected chi connectivity index (χ1v) is 6.79. The van der Waals surface area contributed by atoms with E-state index in [4.69, 9.17) is 5.73 Å². The van der Waals surface area contributed by atoms with Crippen LogP contribution in [-0.2, 0) is 10.0 Å². The van der Waals surface area contributed by atoms with Gasteiger partial charge in [-0.25, -0.2) is 13.1 Å². The van der Waals surface area contributed by atoms with E-state index in [0.717, 1.165) is 0 Å². The second-order valence-electron chi connectivity index (χ2n) is 3.42. The fraction of sp³-hybridized carbons (Fsp3) is 0.444. The minimum atomic E-state index is -3.30. The Labute approximate surface area is 99.8 Å². The zero-order valence-electron chi connectivity index (χ0n) is 9.49. The number of aromatic amines is 1. The van der Waals surface area contributed by atoms with Crippen LogP contribution in [0.4, 0.5) is 5.69 Å². The van der Waals surface area contributed by atoms with Crippen LogP contribution in [0.15, 0.2) is 12.3 Å². The van der Waals surface area contributed by atoms with E-state index in [9.17, 15) is 13.2 Å². The van der Waals surface area contributed by atoms with E-state index in [1.54, 1.807) is 6.92 Å². The molecule has 1 aromatic heterocycles. The highest BCUT2D eigenvalue weighted by molar-refractivity contribution is 7.89. The number of sulfonamides is 1. The van der Waals surface area contributed by atoms with Crippen LogP contribution >= 0.6 is 0 Å². The Hall–Kier alpha value is -1.54. The molecule has 0 radical (unpaired) electrons. The predicted molar refractivity (Wildman–Crippen MR) is 65.0 cm³/mol. The molecule has 8 heteroatoms. The molecular weight excluding hydrogens is 244 g/mol. The summed E-state index contributed by atoms with van der Waals surface area (Å²) in [7, 11) is -3.30. The van der Waals surface area contributed by atoms with Crippen molar-refractivity contribution in [1.82, 2.24) is 15.0 Å². The average molecular weight is 260 g/mol. The lowest BCUT2D eigenvalue weighted by Gasteiger charge is -2.05. The van der Waals surface area contributed by atoms with Gasteiger partial charge in [0.25, 0.3) is 5.91 Å². The van der Waals surface area contributed by atoms with Crippen molar-refractivity contribution in [2.24, 2.45) is 0 Å². The number of hydrogen-bond donors (Lipinski definition) is 4. The molecule has 1 heterocycles. The molecule has 0 unspecified atom stereocenters. The molecule has 0 saturated heterocycles. The molecule has 0 aliphatic heterocycles. The molecule has 0 aliphatic rings. The Bertz CT molecular complexity index is 480. The normalized spacial score (nSPS) is 11.4. The molecule has 0 saturated carbocycles. The summed E-state index contributed by atoms with van der Waals surface area (Å²) in [5, 5.41) is 2.48. The highest BCUT2D eigenvalue weighted by atomic mass is 32.2. The van der Waals surface area contributed by atoms with E-state index < -0.39 is 10.0 Å². The van der Waals surface area contributed by atoms with Gasteiger partial charge in [-0.3, -0.25) is 4.79 Å². The molecule has 0 aromatic carbocycles. The fourth-order valence-corrected chi connectivity index (χ4v) is 2.18. The minimum Gasteiger partial charge on any atom is -0.397 e. The maximum absolute atomic E-state index is 11.5. The van der Waals surface area contributed by atoms with Gasteiger partial charge in [0.05, 0.1) is 5.75 Å². The molecule has 0 aliphatic carbocycles. The number of aromatic nitrogens is 1. The molecule has 1 aromatic rings. The lowest BCUT2D eigenvalue weighted by atomic mass is 10.4. The molecular formula is C9H16N4O3S. The van der Waals surface area contributed by atoms with Gasteiger partial charge in [0.2, 0.25) is 10.0 Å². The van der Waals surface area contributed by atoms with Crippen molar-refractivity contribution in [2.45, 2.75) is 6.92 Å². The van der Waals surface area contributed by atoms with Crippen molar-refractivity contribution in [1.29, 1.82) is 0 Å². The number of amides is 1. The summed E-state index contributed by atoms with van der Waals surface area (Å²) in [6.07, 6.45) is 1.49. The van der Waals surface area contributed by atoms with Gasteiger partial charge in [0.15, 0.2) is 0 Å². The third-order valence-electron chi connectivity index (χ3n) is 1.97. The van der Waals surface area contributed by atoms with Crippen molar-refractivity contribution >= 4 is 21.6 Å². The molecule has 0 spiro atoms. The Morgan fingerprint density at radius 3 is 2.76 bits per heavy atom. The van der Waals surface area contributed by atoms with E-state index in [2.05, 4.69) is 15.0 Å². The number of carbonyl (C=O) groups excluding carboxylic acids is 1. The van der Waals surface area contributed by atoms with Crippen LogP contribution in [-0.4, -0.2) is 38.2 Å². The van der Waals surface area contributed by atoms with Crippen LogP contribution in [0.1, 0.15) is 17.4 Å². The second kappa shape index (κ2) is 5.69. The Kier molecular flexibility index (Phi) is 4.53. The van der Waals surface area contributed by atoms with Crippen LogP contribution in [0.5, 0.6) is 0 Å². The SMILES string of the molecule is CCNS(=O)(=O)CCNC(=O)c1cc(N)c[nH]1. The topological polar surface area (TPSA) is 117 Å². The number of H-pyrrole nitrogens is 1. The fourth-order valence-electron chi connectivity index (χ4n) is 1.23. The summed E-state index contributed by atoms with van der Waals surface area (Å²) in [5.74, 6) is -0.531. The number of rotatable bonds is 6. The maximum Gasteiger partial charge on any atom is 0.267 e. The van der Waals surface area contributed by atoms with E-state index in [0.29, 0.717) is 17.9 Å². The van der Waals surface area contributed by atoms with E-state index in [1.807, 2.05) is 0 Å². The highest BCUT2D eigenvalue weighted by Gasteiger charge is 2.11. The van der Waals surface area contributed by atoms with Gasteiger partial charge in [-0.05, 0) is 6.07 Å².